The van der Waals surface area contributed by atoms with Crippen LogP contribution >= 0.6 is 0 Å². The van der Waals surface area contributed by atoms with E-state index >= 15 is 0 Å². The number of ether oxygens (including phenoxy) is 1. The Hall–Kier alpha value is -1.55. The number of allylic oxidation sites excluding steroid dienone is 4. The molecule has 0 saturated heterocycles. The summed E-state index contributed by atoms with van der Waals surface area (Å²) in [4.78, 5) is 38.1. The molecule has 0 heterocycles. The molecule has 0 bridgehead atoms. The monoisotopic (exact) mass is 370 g/mol. The van der Waals surface area contributed by atoms with Crippen molar-refractivity contribution in [3.8, 4) is 0 Å². The first-order valence-electron chi connectivity index (χ1n) is 10.2. The number of hydrogen-bond acceptors (Lipinski definition) is 4. The Bertz CT molecular complexity index is 762. The maximum Gasteiger partial charge on any atom is 0.178 e. The van der Waals surface area contributed by atoms with Crippen LogP contribution in [0.15, 0.2) is 23.8 Å². The third kappa shape index (κ3) is 2.55. The summed E-state index contributed by atoms with van der Waals surface area (Å²) in [6, 6.07) is 0. The summed E-state index contributed by atoms with van der Waals surface area (Å²) in [6.45, 7) is 6.63. The zero-order valence-corrected chi connectivity index (χ0v) is 16.8. The minimum Gasteiger partial charge on any atom is -0.377 e. The average molecular weight is 370 g/mol. The van der Waals surface area contributed by atoms with Crippen LogP contribution in [0.4, 0.5) is 0 Å². The number of rotatable bonds is 3. The molecular formula is C23H30O4. The van der Waals surface area contributed by atoms with E-state index in [0.717, 1.165) is 24.8 Å². The summed E-state index contributed by atoms with van der Waals surface area (Å²) in [7, 11) is 1.56. The summed E-state index contributed by atoms with van der Waals surface area (Å²) in [5, 5.41) is 0. The third-order valence-corrected chi connectivity index (χ3v) is 8.25. The molecule has 146 valence electrons. The maximum absolute atomic E-state index is 13.5. The Kier molecular flexibility index (Phi) is 4.34. The molecule has 0 aromatic carbocycles. The van der Waals surface area contributed by atoms with Gasteiger partial charge in [0.1, 0.15) is 12.4 Å². The quantitative estimate of drug-likeness (QED) is 0.762. The minimum absolute atomic E-state index is 0.0342. The molecule has 7 atom stereocenters. The van der Waals surface area contributed by atoms with E-state index in [1.807, 2.05) is 6.08 Å². The van der Waals surface area contributed by atoms with E-state index in [2.05, 4.69) is 20.8 Å². The Morgan fingerprint density at radius 2 is 2.00 bits per heavy atom. The maximum atomic E-state index is 13.5. The molecule has 4 rings (SSSR count). The van der Waals surface area contributed by atoms with Crippen molar-refractivity contribution in [3.05, 3.63) is 23.8 Å². The highest BCUT2D eigenvalue weighted by Crippen LogP contribution is 2.65. The van der Waals surface area contributed by atoms with Crippen LogP contribution in [0.25, 0.3) is 0 Å². The summed E-state index contributed by atoms with van der Waals surface area (Å²) >= 11 is 0. The summed E-state index contributed by atoms with van der Waals surface area (Å²) in [5.74, 6) is 1.27. The van der Waals surface area contributed by atoms with Crippen molar-refractivity contribution in [3.63, 3.8) is 0 Å². The molecule has 0 aromatic heterocycles. The summed E-state index contributed by atoms with van der Waals surface area (Å²) in [5.41, 5.74) is 0.515. The largest absolute Gasteiger partial charge is 0.377 e. The second kappa shape index (κ2) is 6.23. The number of Topliss-reactive ketones (excluding diaryl/α,β-unsaturated/α-hetero) is 2. The second-order valence-corrected chi connectivity index (χ2v) is 9.68. The van der Waals surface area contributed by atoms with E-state index in [4.69, 9.17) is 4.74 Å². The number of methoxy groups -OCH3 is 1. The van der Waals surface area contributed by atoms with E-state index in [1.165, 1.54) is 0 Å². The van der Waals surface area contributed by atoms with E-state index in [1.54, 1.807) is 19.3 Å². The highest BCUT2D eigenvalue weighted by Gasteiger charge is 2.63. The van der Waals surface area contributed by atoms with Gasteiger partial charge in [0.05, 0.1) is 0 Å². The first-order valence-corrected chi connectivity index (χ1v) is 10.2. The highest BCUT2D eigenvalue weighted by molar-refractivity contribution is 6.02. The fourth-order valence-electron chi connectivity index (χ4n) is 7.23. The first kappa shape index (κ1) is 18.8. The lowest BCUT2D eigenvalue weighted by atomic mass is 9.45. The van der Waals surface area contributed by atoms with E-state index in [0.29, 0.717) is 12.3 Å². The van der Waals surface area contributed by atoms with Gasteiger partial charge in [0.2, 0.25) is 0 Å². The smallest absolute Gasteiger partial charge is 0.178 e. The summed E-state index contributed by atoms with van der Waals surface area (Å²) < 4.78 is 5.11. The molecule has 0 N–H and O–H groups in total. The van der Waals surface area contributed by atoms with Gasteiger partial charge in [-0.2, -0.15) is 0 Å². The van der Waals surface area contributed by atoms with Gasteiger partial charge in [-0.25, -0.2) is 0 Å². The SMILES string of the molecule is COCC(=O)C1CCC2C3CC(C)C4=CC(=O)C=CC4(C)C3C(=O)CC12C. The molecule has 3 saturated carbocycles. The average Bonchev–Trinajstić information content (AvgIpc) is 2.93. The highest BCUT2D eigenvalue weighted by atomic mass is 16.5. The number of fused-ring (bicyclic) bond motifs is 5. The van der Waals surface area contributed by atoms with Gasteiger partial charge in [-0.1, -0.05) is 32.4 Å². The van der Waals surface area contributed by atoms with Gasteiger partial charge in [-0.3, -0.25) is 14.4 Å². The summed E-state index contributed by atoms with van der Waals surface area (Å²) in [6.07, 6.45) is 8.67. The van der Waals surface area contributed by atoms with Crippen molar-refractivity contribution in [2.45, 2.75) is 46.5 Å². The van der Waals surface area contributed by atoms with Gasteiger partial charge in [0.15, 0.2) is 11.6 Å². The Labute approximate surface area is 161 Å². The molecule has 0 aromatic rings. The number of hydrogen-bond donors (Lipinski definition) is 0. The van der Waals surface area contributed by atoms with Crippen molar-refractivity contribution in [2.24, 2.45) is 40.4 Å². The lowest BCUT2D eigenvalue weighted by Crippen LogP contribution is -2.56. The van der Waals surface area contributed by atoms with Crippen molar-refractivity contribution >= 4 is 17.3 Å². The molecular weight excluding hydrogens is 340 g/mol. The third-order valence-electron chi connectivity index (χ3n) is 8.25. The molecule has 0 radical (unpaired) electrons. The van der Waals surface area contributed by atoms with Crippen molar-refractivity contribution < 1.29 is 19.1 Å². The standard InChI is InChI=1S/C23H30O4/c1-13-9-15-16-5-6-17(20(26)12-27-4)23(16,3)11-19(25)21(15)22(2)8-7-14(24)10-18(13)22/h7-8,10,13,15-17,21H,5-6,9,11-12H2,1-4H3. The molecule has 0 aliphatic heterocycles. The van der Waals surface area contributed by atoms with Crippen LogP contribution in [-0.4, -0.2) is 31.1 Å². The zero-order chi connectivity index (χ0) is 19.6. The lowest BCUT2D eigenvalue weighted by Gasteiger charge is -2.57. The van der Waals surface area contributed by atoms with Crippen LogP contribution < -0.4 is 0 Å². The predicted molar refractivity (Wildman–Crippen MR) is 102 cm³/mol. The van der Waals surface area contributed by atoms with Crippen LogP contribution in [0.2, 0.25) is 0 Å². The zero-order valence-electron chi connectivity index (χ0n) is 16.8. The van der Waals surface area contributed by atoms with Crippen LogP contribution in [0.5, 0.6) is 0 Å². The molecule has 4 aliphatic rings. The molecule has 0 spiro atoms. The van der Waals surface area contributed by atoms with Crippen molar-refractivity contribution in [2.75, 3.05) is 13.7 Å². The van der Waals surface area contributed by atoms with Gasteiger partial charge in [-0.05, 0) is 54.6 Å². The molecule has 4 aliphatic carbocycles. The Morgan fingerprint density at radius 1 is 1.26 bits per heavy atom. The van der Waals surface area contributed by atoms with Crippen LogP contribution in [-0.2, 0) is 19.1 Å². The van der Waals surface area contributed by atoms with E-state index in [-0.39, 0.29) is 58.5 Å². The fourth-order valence-corrected chi connectivity index (χ4v) is 7.23. The predicted octanol–water partition coefficient (Wildman–Crippen LogP) is 3.55. The Balaban J connectivity index is 1.73. The minimum atomic E-state index is -0.358. The first-order chi connectivity index (χ1) is 12.7. The molecule has 3 fully saturated rings. The normalized spacial score (nSPS) is 45.8. The van der Waals surface area contributed by atoms with Gasteiger partial charge < -0.3 is 4.74 Å². The fraction of sp³-hybridized carbons (Fsp3) is 0.696. The molecule has 4 nitrogen and oxygen atoms in total. The number of ketones is 3. The second-order valence-electron chi connectivity index (χ2n) is 9.68. The molecule has 4 heteroatoms. The van der Waals surface area contributed by atoms with Gasteiger partial charge >= 0.3 is 0 Å². The van der Waals surface area contributed by atoms with Gasteiger partial charge in [-0.15, -0.1) is 0 Å². The topological polar surface area (TPSA) is 60.4 Å². The van der Waals surface area contributed by atoms with Gasteiger partial charge in [0, 0.05) is 30.8 Å². The van der Waals surface area contributed by atoms with Crippen LogP contribution in [0, 0.1) is 40.4 Å². The number of carbonyl (C=O) groups excluding carboxylic acids is 3. The van der Waals surface area contributed by atoms with E-state index in [9.17, 15) is 14.4 Å². The van der Waals surface area contributed by atoms with Crippen LogP contribution in [0.3, 0.4) is 0 Å². The lowest BCUT2D eigenvalue weighted by molar-refractivity contribution is -0.147. The Morgan fingerprint density at radius 3 is 2.70 bits per heavy atom. The molecule has 27 heavy (non-hydrogen) atoms. The molecule has 7 unspecified atom stereocenters. The van der Waals surface area contributed by atoms with Crippen molar-refractivity contribution in [1.29, 1.82) is 0 Å². The number of carbonyl (C=O) groups is 3. The van der Waals surface area contributed by atoms with Crippen LogP contribution in [0.1, 0.15) is 46.5 Å². The van der Waals surface area contributed by atoms with E-state index < -0.39 is 0 Å². The van der Waals surface area contributed by atoms with Gasteiger partial charge in [0.25, 0.3) is 0 Å². The van der Waals surface area contributed by atoms with Crippen molar-refractivity contribution in [1.82, 2.24) is 0 Å². The molecule has 0 amide bonds.